The number of aliphatic hydroxyl groups is 1. The maximum atomic E-state index is 10.7. The van der Waals surface area contributed by atoms with E-state index in [9.17, 15) is 5.11 Å². The number of hydrogen-bond acceptors (Lipinski definition) is 1. The molecule has 4 rings (SSSR count). The van der Waals surface area contributed by atoms with E-state index in [1.54, 1.807) is 0 Å². The molecular weight excluding hydrogens is 376 g/mol. The van der Waals surface area contributed by atoms with E-state index in [-0.39, 0.29) is 6.10 Å². The van der Waals surface area contributed by atoms with E-state index in [1.807, 2.05) is 0 Å². The lowest BCUT2D eigenvalue weighted by Gasteiger charge is -2.62. The summed E-state index contributed by atoms with van der Waals surface area (Å²) < 4.78 is 0. The van der Waals surface area contributed by atoms with E-state index in [2.05, 4.69) is 40.5 Å². The Balaban J connectivity index is 1.49. The van der Waals surface area contributed by atoms with Crippen molar-refractivity contribution in [1.29, 1.82) is 0 Å². The van der Waals surface area contributed by atoms with Gasteiger partial charge in [-0.1, -0.05) is 53.9 Å². The maximum absolute atomic E-state index is 10.7. The summed E-state index contributed by atoms with van der Waals surface area (Å²) in [6.07, 6.45) is 21.3. The van der Waals surface area contributed by atoms with Crippen LogP contribution in [0.2, 0.25) is 0 Å². The van der Waals surface area contributed by atoms with Gasteiger partial charge < -0.3 is 5.11 Å². The maximum Gasteiger partial charge on any atom is 0.0580 e. The van der Waals surface area contributed by atoms with Crippen LogP contribution in [0.5, 0.6) is 0 Å². The Labute approximate surface area is 193 Å². The summed E-state index contributed by atoms with van der Waals surface area (Å²) in [4.78, 5) is 0. The second-order valence-corrected chi connectivity index (χ2v) is 13.3. The molecule has 4 aliphatic carbocycles. The minimum atomic E-state index is -0.165. The topological polar surface area (TPSA) is 20.2 Å². The second kappa shape index (κ2) is 9.05. The third-order valence-corrected chi connectivity index (χ3v) is 11.5. The summed E-state index contributed by atoms with van der Waals surface area (Å²) in [5, 5.41) is 10.7. The zero-order chi connectivity index (χ0) is 22.4. The van der Waals surface area contributed by atoms with Crippen molar-refractivity contribution in [1.82, 2.24) is 0 Å². The summed E-state index contributed by atoms with van der Waals surface area (Å²) in [5.74, 6) is 9.32. The van der Waals surface area contributed by atoms with Gasteiger partial charge in [0, 0.05) is 6.42 Å². The van der Waals surface area contributed by atoms with Crippen LogP contribution in [0.15, 0.2) is 0 Å². The molecule has 176 valence electrons. The van der Waals surface area contributed by atoms with Gasteiger partial charge in [0.1, 0.15) is 0 Å². The number of fused-ring (bicyclic) bond motifs is 5. The van der Waals surface area contributed by atoms with Crippen LogP contribution in [0.1, 0.15) is 112 Å². The van der Waals surface area contributed by atoms with Crippen molar-refractivity contribution in [2.75, 3.05) is 0 Å². The van der Waals surface area contributed by atoms with Crippen LogP contribution in [0, 0.1) is 70.5 Å². The van der Waals surface area contributed by atoms with Crippen LogP contribution in [0.3, 0.4) is 0 Å². The highest BCUT2D eigenvalue weighted by atomic mass is 16.3. The number of aliphatic hydroxyl groups excluding tert-OH is 1. The number of rotatable bonds is 6. The van der Waals surface area contributed by atoms with E-state index in [1.165, 1.54) is 64.2 Å². The molecule has 0 aromatic heterocycles. The minimum absolute atomic E-state index is 0.165. The Bertz CT molecular complexity index is 660. The molecular formula is C30H50O. The van der Waals surface area contributed by atoms with E-state index in [0.717, 1.165) is 48.3 Å². The third kappa shape index (κ3) is 4.03. The molecule has 1 heteroatoms. The predicted octanol–water partition coefficient (Wildman–Crippen LogP) is 7.72. The van der Waals surface area contributed by atoms with Crippen molar-refractivity contribution in [3.63, 3.8) is 0 Å². The van der Waals surface area contributed by atoms with Crippen LogP contribution in [-0.2, 0) is 0 Å². The van der Waals surface area contributed by atoms with Gasteiger partial charge >= 0.3 is 0 Å². The molecule has 31 heavy (non-hydrogen) atoms. The minimum Gasteiger partial charge on any atom is -0.393 e. The Hall–Kier alpha value is -0.480. The number of hydrogen-bond donors (Lipinski definition) is 1. The Morgan fingerprint density at radius 2 is 1.55 bits per heavy atom. The molecule has 0 heterocycles. The van der Waals surface area contributed by atoms with Crippen molar-refractivity contribution < 1.29 is 5.11 Å². The normalized spacial score (nSPS) is 47.9. The summed E-state index contributed by atoms with van der Waals surface area (Å²) in [5.41, 5.74) is 0.986. The Kier molecular flexibility index (Phi) is 6.91. The van der Waals surface area contributed by atoms with Gasteiger partial charge in [0.25, 0.3) is 0 Å². The van der Waals surface area contributed by atoms with Crippen molar-refractivity contribution in [2.24, 2.45) is 58.2 Å². The van der Waals surface area contributed by atoms with E-state index >= 15 is 0 Å². The van der Waals surface area contributed by atoms with E-state index in [4.69, 9.17) is 6.42 Å². The first-order valence-electron chi connectivity index (χ1n) is 13.8. The van der Waals surface area contributed by atoms with Gasteiger partial charge in [0.2, 0.25) is 0 Å². The summed E-state index contributed by atoms with van der Waals surface area (Å²) >= 11 is 0. The fraction of sp³-hybridized carbons (Fsp3) is 0.933. The van der Waals surface area contributed by atoms with Gasteiger partial charge in [-0.25, -0.2) is 0 Å². The molecule has 0 radical (unpaired) electrons. The lowest BCUT2D eigenvalue weighted by atomic mass is 9.43. The summed E-state index contributed by atoms with van der Waals surface area (Å²) in [6, 6.07) is 0. The third-order valence-electron chi connectivity index (χ3n) is 11.5. The largest absolute Gasteiger partial charge is 0.393 e. The molecule has 0 saturated heterocycles. The van der Waals surface area contributed by atoms with Crippen LogP contribution < -0.4 is 0 Å². The fourth-order valence-corrected chi connectivity index (χ4v) is 9.94. The van der Waals surface area contributed by atoms with Gasteiger partial charge in [-0.3, -0.25) is 0 Å². The van der Waals surface area contributed by atoms with Crippen molar-refractivity contribution >= 4 is 0 Å². The first-order chi connectivity index (χ1) is 14.7. The molecule has 0 aromatic carbocycles. The zero-order valence-electron chi connectivity index (χ0n) is 21.2. The SMILES string of the molecule is C#CC[C@@H]1[C@H](O)CC[C@@]2(C)[C@H]1CC[C@@H]1[C@@H]2CC[C@]2(C)[C@@H]([C@H](C)CCCC(C)C)CC[C@@H]12. The predicted molar refractivity (Wildman–Crippen MR) is 131 cm³/mol. The van der Waals surface area contributed by atoms with E-state index in [0.29, 0.717) is 22.7 Å². The van der Waals surface area contributed by atoms with Crippen molar-refractivity contribution in [2.45, 2.75) is 118 Å². The smallest absolute Gasteiger partial charge is 0.0580 e. The molecule has 0 aliphatic heterocycles. The average Bonchev–Trinajstić information content (AvgIpc) is 3.07. The molecule has 0 spiro atoms. The molecule has 0 unspecified atom stereocenters. The summed E-state index contributed by atoms with van der Waals surface area (Å²) in [6.45, 7) is 12.6. The standard InChI is InChI=1S/C30H50O/c1-7-9-23-26-13-12-22-25-15-14-24(21(4)11-8-10-20(2)3)29(25,5)18-16-27(22)30(26,6)19-17-28(23)31/h1,20-28,31H,8-19H2,2-6H3/t21-,22+,23+,24-,25+,26+,27+,28-,29-,30+/m1/s1. The quantitative estimate of drug-likeness (QED) is 0.431. The van der Waals surface area contributed by atoms with Crippen LogP contribution in [0.25, 0.3) is 0 Å². The Morgan fingerprint density at radius 1 is 0.871 bits per heavy atom. The molecule has 0 aromatic rings. The van der Waals surface area contributed by atoms with Gasteiger partial charge in [-0.15, -0.1) is 12.3 Å². The lowest BCUT2D eigenvalue weighted by molar-refractivity contribution is -0.151. The monoisotopic (exact) mass is 426 g/mol. The number of terminal acetylenes is 1. The van der Waals surface area contributed by atoms with Gasteiger partial charge in [-0.2, -0.15) is 0 Å². The molecule has 10 atom stereocenters. The second-order valence-electron chi connectivity index (χ2n) is 13.3. The molecule has 4 aliphatic rings. The van der Waals surface area contributed by atoms with Crippen LogP contribution in [0.4, 0.5) is 0 Å². The van der Waals surface area contributed by atoms with Crippen LogP contribution >= 0.6 is 0 Å². The molecule has 1 N–H and O–H groups in total. The summed E-state index contributed by atoms with van der Waals surface area (Å²) in [7, 11) is 0. The first kappa shape index (κ1) is 23.7. The van der Waals surface area contributed by atoms with Crippen molar-refractivity contribution in [3.05, 3.63) is 0 Å². The van der Waals surface area contributed by atoms with Gasteiger partial charge in [0.05, 0.1) is 6.10 Å². The highest BCUT2D eigenvalue weighted by Gasteiger charge is 2.61. The molecule has 4 fully saturated rings. The fourth-order valence-electron chi connectivity index (χ4n) is 9.94. The Morgan fingerprint density at radius 3 is 2.26 bits per heavy atom. The highest BCUT2D eigenvalue weighted by Crippen LogP contribution is 2.69. The highest BCUT2D eigenvalue weighted by molar-refractivity contribution is 5.11. The lowest BCUT2D eigenvalue weighted by Crippen LogP contribution is -2.56. The zero-order valence-corrected chi connectivity index (χ0v) is 21.2. The van der Waals surface area contributed by atoms with Crippen LogP contribution in [-0.4, -0.2) is 11.2 Å². The molecule has 1 nitrogen and oxygen atoms in total. The molecule has 0 bridgehead atoms. The molecule has 4 saturated carbocycles. The van der Waals surface area contributed by atoms with Gasteiger partial charge in [0.15, 0.2) is 0 Å². The van der Waals surface area contributed by atoms with E-state index < -0.39 is 0 Å². The van der Waals surface area contributed by atoms with Gasteiger partial charge in [-0.05, 0) is 110 Å². The first-order valence-corrected chi connectivity index (χ1v) is 13.8. The molecule has 0 amide bonds. The average molecular weight is 427 g/mol. The van der Waals surface area contributed by atoms with Crippen molar-refractivity contribution in [3.8, 4) is 12.3 Å².